The zero-order valence-corrected chi connectivity index (χ0v) is 11.0. The molecule has 3 unspecified atom stereocenters. The molecule has 2 heteroatoms. The SMILES string of the molecule is C=CC(C)(CC)C(C)(C)N(C)C1OC1C. The normalized spacial score (nSPS) is 30.1. The summed E-state index contributed by atoms with van der Waals surface area (Å²) in [5, 5.41) is 0. The summed E-state index contributed by atoms with van der Waals surface area (Å²) in [6.07, 6.45) is 3.83. The molecule has 0 aromatic heterocycles. The van der Waals surface area contributed by atoms with E-state index in [0.29, 0.717) is 6.10 Å². The molecule has 1 fully saturated rings. The van der Waals surface area contributed by atoms with Gasteiger partial charge in [0.1, 0.15) is 6.23 Å². The van der Waals surface area contributed by atoms with Gasteiger partial charge in [0.2, 0.25) is 0 Å². The Kier molecular flexibility index (Phi) is 3.32. The molecule has 0 spiro atoms. The minimum absolute atomic E-state index is 0.0684. The molecular weight excluding hydrogens is 186 g/mol. The number of likely N-dealkylation sites (N-methyl/N-ethyl adjacent to an activating group) is 1. The number of epoxide rings is 1. The Morgan fingerprint density at radius 3 is 2.13 bits per heavy atom. The van der Waals surface area contributed by atoms with Crippen molar-refractivity contribution in [2.75, 3.05) is 7.05 Å². The lowest BCUT2D eigenvalue weighted by molar-refractivity contribution is 0.0139. The summed E-state index contributed by atoms with van der Waals surface area (Å²) < 4.78 is 5.54. The molecule has 0 aromatic carbocycles. The van der Waals surface area contributed by atoms with Crippen molar-refractivity contribution < 1.29 is 4.74 Å². The van der Waals surface area contributed by atoms with Crippen molar-refractivity contribution in [1.29, 1.82) is 0 Å². The molecule has 0 bridgehead atoms. The number of rotatable bonds is 5. The van der Waals surface area contributed by atoms with E-state index in [4.69, 9.17) is 4.74 Å². The highest BCUT2D eigenvalue weighted by Gasteiger charge is 2.49. The van der Waals surface area contributed by atoms with Crippen molar-refractivity contribution in [1.82, 2.24) is 4.90 Å². The summed E-state index contributed by atoms with van der Waals surface area (Å²) in [4.78, 5) is 2.34. The first-order valence-electron chi connectivity index (χ1n) is 5.82. The smallest absolute Gasteiger partial charge is 0.137 e. The van der Waals surface area contributed by atoms with Crippen LogP contribution in [0.15, 0.2) is 12.7 Å². The van der Waals surface area contributed by atoms with Gasteiger partial charge in [0.05, 0.1) is 6.10 Å². The third kappa shape index (κ3) is 1.98. The van der Waals surface area contributed by atoms with Crippen molar-refractivity contribution in [3.8, 4) is 0 Å². The van der Waals surface area contributed by atoms with E-state index in [2.05, 4.69) is 59.2 Å². The van der Waals surface area contributed by atoms with Crippen molar-refractivity contribution in [3.05, 3.63) is 12.7 Å². The second-order valence-corrected chi connectivity index (χ2v) is 5.38. The maximum atomic E-state index is 5.54. The van der Waals surface area contributed by atoms with Crippen LogP contribution in [0.2, 0.25) is 0 Å². The molecule has 1 aliphatic heterocycles. The molecule has 1 rings (SSSR count). The second-order valence-electron chi connectivity index (χ2n) is 5.38. The molecule has 88 valence electrons. The fraction of sp³-hybridized carbons (Fsp3) is 0.846. The minimum atomic E-state index is 0.0684. The van der Waals surface area contributed by atoms with Gasteiger partial charge in [-0.25, -0.2) is 0 Å². The van der Waals surface area contributed by atoms with Gasteiger partial charge in [0.15, 0.2) is 0 Å². The molecule has 3 atom stereocenters. The van der Waals surface area contributed by atoms with E-state index >= 15 is 0 Å². The second kappa shape index (κ2) is 3.91. The van der Waals surface area contributed by atoms with Crippen molar-refractivity contribution in [2.24, 2.45) is 5.41 Å². The number of hydrogen-bond acceptors (Lipinski definition) is 2. The van der Waals surface area contributed by atoms with E-state index in [1.54, 1.807) is 0 Å². The Labute approximate surface area is 94.3 Å². The maximum absolute atomic E-state index is 5.54. The quantitative estimate of drug-likeness (QED) is 0.513. The van der Waals surface area contributed by atoms with E-state index in [0.717, 1.165) is 6.42 Å². The zero-order valence-electron chi connectivity index (χ0n) is 11.0. The fourth-order valence-electron chi connectivity index (χ4n) is 2.13. The van der Waals surface area contributed by atoms with Gasteiger partial charge in [-0.15, -0.1) is 6.58 Å². The Balaban J connectivity index is 2.84. The summed E-state index contributed by atoms with van der Waals surface area (Å²) in [6, 6.07) is 0. The fourth-order valence-corrected chi connectivity index (χ4v) is 2.13. The molecule has 2 nitrogen and oxygen atoms in total. The number of hydrogen-bond donors (Lipinski definition) is 0. The average Bonchev–Trinajstić information content (AvgIpc) is 2.92. The predicted molar refractivity (Wildman–Crippen MR) is 64.8 cm³/mol. The summed E-state index contributed by atoms with van der Waals surface area (Å²) in [5.41, 5.74) is 0.187. The first kappa shape index (κ1) is 12.7. The lowest BCUT2D eigenvalue weighted by atomic mass is 9.70. The Bertz CT molecular complexity index is 249. The Morgan fingerprint density at radius 2 is 1.87 bits per heavy atom. The number of ether oxygens (including phenoxy) is 1. The van der Waals surface area contributed by atoms with Crippen molar-refractivity contribution >= 4 is 0 Å². The van der Waals surface area contributed by atoms with E-state index in [-0.39, 0.29) is 17.2 Å². The lowest BCUT2D eigenvalue weighted by Gasteiger charge is -2.47. The van der Waals surface area contributed by atoms with Crippen LogP contribution in [0.4, 0.5) is 0 Å². The van der Waals surface area contributed by atoms with Crippen LogP contribution in [-0.2, 0) is 4.74 Å². The number of nitrogens with zero attached hydrogens (tertiary/aromatic N) is 1. The summed E-state index contributed by atoms with van der Waals surface area (Å²) >= 11 is 0. The standard InChI is InChI=1S/C13H25NO/c1-8-13(6,9-2)12(4,5)14(7)11-10(3)15-11/h8,10-11H,1,9H2,2-7H3. The first-order valence-corrected chi connectivity index (χ1v) is 5.82. The lowest BCUT2D eigenvalue weighted by Crippen LogP contribution is -2.53. The molecule has 0 aliphatic carbocycles. The van der Waals surface area contributed by atoms with Crippen LogP contribution >= 0.6 is 0 Å². The third-order valence-electron chi connectivity index (χ3n) is 4.53. The highest BCUT2D eigenvalue weighted by atomic mass is 16.6. The molecule has 0 amide bonds. The molecule has 0 N–H and O–H groups in total. The largest absolute Gasteiger partial charge is 0.353 e. The van der Waals surface area contributed by atoms with Gasteiger partial charge in [-0.2, -0.15) is 0 Å². The highest BCUT2D eigenvalue weighted by molar-refractivity contribution is 5.07. The first-order chi connectivity index (χ1) is 6.80. The molecule has 1 saturated heterocycles. The molecule has 1 heterocycles. The van der Waals surface area contributed by atoms with Gasteiger partial charge in [-0.1, -0.05) is 19.9 Å². The molecule has 15 heavy (non-hydrogen) atoms. The van der Waals surface area contributed by atoms with Crippen LogP contribution in [-0.4, -0.2) is 29.8 Å². The zero-order chi connectivity index (χ0) is 11.9. The molecule has 0 saturated carbocycles. The van der Waals surface area contributed by atoms with Crippen LogP contribution in [0, 0.1) is 5.41 Å². The maximum Gasteiger partial charge on any atom is 0.137 e. The highest BCUT2D eigenvalue weighted by Crippen LogP contribution is 2.43. The van der Waals surface area contributed by atoms with E-state index in [1.807, 2.05) is 0 Å². The van der Waals surface area contributed by atoms with E-state index < -0.39 is 0 Å². The van der Waals surface area contributed by atoms with Crippen LogP contribution < -0.4 is 0 Å². The molecule has 0 radical (unpaired) electrons. The topological polar surface area (TPSA) is 15.8 Å². The van der Waals surface area contributed by atoms with Crippen LogP contribution in [0.5, 0.6) is 0 Å². The molecule has 1 aliphatic rings. The van der Waals surface area contributed by atoms with Crippen LogP contribution in [0.3, 0.4) is 0 Å². The summed E-state index contributed by atoms with van der Waals surface area (Å²) in [6.45, 7) is 15.1. The van der Waals surface area contributed by atoms with Gasteiger partial charge >= 0.3 is 0 Å². The third-order valence-corrected chi connectivity index (χ3v) is 4.53. The van der Waals surface area contributed by atoms with Crippen LogP contribution in [0.1, 0.15) is 41.0 Å². The summed E-state index contributed by atoms with van der Waals surface area (Å²) in [7, 11) is 2.14. The van der Waals surface area contributed by atoms with Crippen molar-refractivity contribution in [3.63, 3.8) is 0 Å². The van der Waals surface area contributed by atoms with E-state index in [9.17, 15) is 0 Å². The predicted octanol–water partition coefficient (Wildman–Crippen LogP) is 3.04. The monoisotopic (exact) mass is 211 g/mol. The minimum Gasteiger partial charge on any atom is -0.353 e. The van der Waals surface area contributed by atoms with E-state index in [1.165, 1.54) is 0 Å². The van der Waals surface area contributed by atoms with Gasteiger partial charge in [-0.05, 0) is 34.2 Å². The molecule has 0 aromatic rings. The Hall–Kier alpha value is -0.340. The van der Waals surface area contributed by atoms with Crippen LogP contribution in [0.25, 0.3) is 0 Å². The van der Waals surface area contributed by atoms with Gasteiger partial charge in [0, 0.05) is 11.0 Å². The van der Waals surface area contributed by atoms with Gasteiger partial charge < -0.3 is 4.74 Å². The molecular formula is C13H25NO. The van der Waals surface area contributed by atoms with Gasteiger partial charge in [-0.3, -0.25) is 4.90 Å². The summed E-state index contributed by atoms with van der Waals surface area (Å²) in [5.74, 6) is 0. The average molecular weight is 211 g/mol. The van der Waals surface area contributed by atoms with Crippen molar-refractivity contribution in [2.45, 2.75) is 58.9 Å². The van der Waals surface area contributed by atoms with Gasteiger partial charge in [0.25, 0.3) is 0 Å². The Morgan fingerprint density at radius 1 is 1.40 bits per heavy atom.